The van der Waals surface area contributed by atoms with Gasteiger partial charge in [0.25, 0.3) is 0 Å². The summed E-state index contributed by atoms with van der Waals surface area (Å²) in [5.74, 6) is 0.0279. The lowest BCUT2D eigenvalue weighted by Crippen LogP contribution is -2.34. The maximum atomic E-state index is 12.8. The quantitative estimate of drug-likeness (QED) is 0.767. The molecular weight excluding hydrogens is 366 g/mol. The molecule has 3 rings (SSSR count). The Morgan fingerprint density at radius 3 is 2.86 bits per heavy atom. The summed E-state index contributed by atoms with van der Waals surface area (Å²) >= 11 is 0. The highest BCUT2D eigenvalue weighted by Gasteiger charge is 2.37. The number of nitrogens with two attached hydrogens (primary N) is 1. The van der Waals surface area contributed by atoms with Gasteiger partial charge in [-0.05, 0) is 50.3 Å². The Hall–Kier alpha value is -2.78. The van der Waals surface area contributed by atoms with E-state index < -0.39 is 11.9 Å². The Morgan fingerprint density at radius 2 is 2.17 bits per heavy atom. The summed E-state index contributed by atoms with van der Waals surface area (Å²) in [5.41, 5.74) is 8.61. The predicted octanol–water partition coefficient (Wildman–Crippen LogP) is 3.56. The van der Waals surface area contributed by atoms with Crippen molar-refractivity contribution in [3.05, 3.63) is 58.2 Å². The number of hydrogen-bond donors (Lipinski definition) is 1. The summed E-state index contributed by atoms with van der Waals surface area (Å²) in [5, 5.41) is 9.80. The van der Waals surface area contributed by atoms with Gasteiger partial charge < -0.3 is 15.2 Å². The minimum atomic E-state index is -0.591. The standard InChI is InChI=1S/C23H29N3O3/c1-4-28-23(27)20-16(3)29-22(25)19(12-24)21(20)18-10-6-5-9-17(18)14-26-11-7-8-15(2)13-26/h5-6,9-10,15,21H,4,7-8,11,13-14,25H2,1-3H3. The van der Waals surface area contributed by atoms with Crippen LogP contribution in [0.15, 0.2) is 47.1 Å². The summed E-state index contributed by atoms with van der Waals surface area (Å²) in [4.78, 5) is 15.2. The van der Waals surface area contributed by atoms with E-state index in [9.17, 15) is 10.1 Å². The summed E-state index contributed by atoms with van der Waals surface area (Å²) in [6.45, 7) is 8.84. The molecule has 6 nitrogen and oxygen atoms in total. The number of benzene rings is 1. The normalized spacial score (nSPS) is 22.8. The fourth-order valence-electron chi connectivity index (χ4n) is 4.30. The first-order valence-electron chi connectivity index (χ1n) is 10.2. The van der Waals surface area contributed by atoms with Crippen LogP contribution in [0.5, 0.6) is 0 Å². The highest BCUT2D eigenvalue weighted by molar-refractivity contribution is 5.92. The number of carbonyl (C=O) groups is 1. The highest BCUT2D eigenvalue weighted by atomic mass is 16.5. The largest absolute Gasteiger partial charge is 0.463 e. The SMILES string of the molecule is CCOC(=O)C1=C(C)OC(N)=C(C#N)C1c1ccccc1CN1CCCC(C)C1. The minimum Gasteiger partial charge on any atom is -0.463 e. The molecule has 29 heavy (non-hydrogen) atoms. The molecular formula is C23H29N3O3. The molecule has 2 atom stereocenters. The van der Waals surface area contributed by atoms with E-state index in [2.05, 4.69) is 24.0 Å². The summed E-state index contributed by atoms with van der Waals surface area (Å²) in [6.07, 6.45) is 2.44. The Morgan fingerprint density at radius 1 is 1.41 bits per heavy atom. The average Bonchev–Trinajstić information content (AvgIpc) is 2.68. The zero-order chi connectivity index (χ0) is 21.0. The molecule has 2 unspecified atom stereocenters. The van der Waals surface area contributed by atoms with Gasteiger partial charge in [0, 0.05) is 13.1 Å². The van der Waals surface area contributed by atoms with Crippen LogP contribution in [0.1, 0.15) is 50.7 Å². The second-order valence-corrected chi connectivity index (χ2v) is 7.80. The number of nitriles is 1. The van der Waals surface area contributed by atoms with Crippen molar-refractivity contribution >= 4 is 5.97 Å². The van der Waals surface area contributed by atoms with Gasteiger partial charge in [-0.15, -0.1) is 0 Å². The molecule has 6 heteroatoms. The molecule has 0 saturated carbocycles. The molecule has 0 radical (unpaired) electrons. The number of carbonyl (C=O) groups excluding carboxylic acids is 1. The van der Waals surface area contributed by atoms with E-state index in [1.807, 2.05) is 18.2 Å². The molecule has 1 fully saturated rings. The molecule has 0 spiro atoms. The summed E-state index contributed by atoms with van der Waals surface area (Å²) < 4.78 is 10.8. The first-order chi connectivity index (χ1) is 14.0. The van der Waals surface area contributed by atoms with Crippen LogP contribution in [0.3, 0.4) is 0 Å². The van der Waals surface area contributed by atoms with Crippen LogP contribution in [0.4, 0.5) is 0 Å². The summed E-state index contributed by atoms with van der Waals surface area (Å²) in [6, 6.07) is 10.1. The van der Waals surface area contributed by atoms with Crippen molar-refractivity contribution in [3.63, 3.8) is 0 Å². The monoisotopic (exact) mass is 395 g/mol. The zero-order valence-corrected chi connectivity index (χ0v) is 17.4. The van der Waals surface area contributed by atoms with Gasteiger partial charge in [0.15, 0.2) is 0 Å². The molecule has 0 amide bonds. The Labute approximate surface area is 172 Å². The Kier molecular flexibility index (Phi) is 6.60. The van der Waals surface area contributed by atoms with Crippen molar-refractivity contribution in [3.8, 4) is 6.07 Å². The van der Waals surface area contributed by atoms with E-state index in [1.165, 1.54) is 12.8 Å². The van der Waals surface area contributed by atoms with Gasteiger partial charge in [-0.25, -0.2) is 4.79 Å². The molecule has 2 heterocycles. The third-order valence-electron chi connectivity index (χ3n) is 5.60. The van der Waals surface area contributed by atoms with Gasteiger partial charge in [-0.2, -0.15) is 5.26 Å². The molecule has 2 aliphatic rings. The van der Waals surface area contributed by atoms with Crippen molar-refractivity contribution in [2.45, 2.75) is 46.1 Å². The second-order valence-electron chi connectivity index (χ2n) is 7.80. The van der Waals surface area contributed by atoms with Crippen molar-refractivity contribution in [1.29, 1.82) is 5.26 Å². The summed E-state index contributed by atoms with van der Waals surface area (Å²) in [7, 11) is 0. The maximum Gasteiger partial charge on any atom is 0.338 e. The lowest BCUT2D eigenvalue weighted by atomic mass is 9.80. The van der Waals surface area contributed by atoms with Gasteiger partial charge in [-0.1, -0.05) is 31.2 Å². The number of nitrogens with zero attached hydrogens (tertiary/aromatic N) is 2. The van der Waals surface area contributed by atoms with Crippen LogP contribution in [-0.2, 0) is 20.8 Å². The maximum absolute atomic E-state index is 12.8. The van der Waals surface area contributed by atoms with Gasteiger partial charge in [0.2, 0.25) is 5.88 Å². The van der Waals surface area contributed by atoms with Crippen LogP contribution >= 0.6 is 0 Å². The van der Waals surface area contributed by atoms with Gasteiger partial charge >= 0.3 is 5.97 Å². The first kappa shape index (κ1) is 20.9. The Balaban J connectivity index is 2.04. The molecule has 2 aliphatic heterocycles. The molecule has 0 aromatic heterocycles. The molecule has 0 bridgehead atoms. The van der Waals surface area contributed by atoms with Crippen LogP contribution in [0, 0.1) is 17.2 Å². The third kappa shape index (κ3) is 4.46. The molecule has 0 aliphatic carbocycles. The van der Waals surface area contributed by atoms with E-state index in [0.717, 1.165) is 30.8 Å². The number of hydrogen-bond acceptors (Lipinski definition) is 6. The predicted molar refractivity (Wildman–Crippen MR) is 110 cm³/mol. The lowest BCUT2D eigenvalue weighted by Gasteiger charge is -2.33. The van der Waals surface area contributed by atoms with Crippen molar-refractivity contribution < 1.29 is 14.3 Å². The van der Waals surface area contributed by atoms with E-state index in [1.54, 1.807) is 13.8 Å². The molecule has 154 valence electrons. The second kappa shape index (κ2) is 9.15. The van der Waals surface area contributed by atoms with Crippen molar-refractivity contribution in [2.75, 3.05) is 19.7 Å². The van der Waals surface area contributed by atoms with E-state index in [4.69, 9.17) is 15.2 Å². The van der Waals surface area contributed by atoms with Crippen molar-refractivity contribution in [1.82, 2.24) is 4.90 Å². The molecule has 2 N–H and O–H groups in total. The smallest absolute Gasteiger partial charge is 0.338 e. The molecule has 1 aromatic rings. The van der Waals surface area contributed by atoms with Gasteiger partial charge in [0.1, 0.15) is 17.4 Å². The van der Waals surface area contributed by atoms with Crippen LogP contribution in [-0.4, -0.2) is 30.6 Å². The number of likely N-dealkylation sites (tertiary alicyclic amines) is 1. The van der Waals surface area contributed by atoms with E-state index in [-0.39, 0.29) is 18.1 Å². The third-order valence-corrected chi connectivity index (χ3v) is 5.60. The average molecular weight is 396 g/mol. The topological polar surface area (TPSA) is 88.6 Å². The number of ether oxygens (including phenoxy) is 2. The van der Waals surface area contributed by atoms with Crippen LogP contribution in [0.25, 0.3) is 0 Å². The fourth-order valence-corrected chi connectivity index (χ4v) is 4.30. The number of esters is 1. The number of piperidine rings is 1. The Bertz CT molecular complexity index is 882. The molecule has 1 saturated heterocycles. The highest BCUT2D eigenvalue weighted by Crippen LogP contribution is 2.41. The fraction of sp³-hybridized carbons (Fsp3) is 0.478. The number of rotatable bonds is 5. The van der Waals surface area contributed by atoms with Crippen molar-refractivity contribution in [2.24, 2.45) is 11.7 Å². The molecule has 1 aromatic carbocycles. The minimum absolute atomic E-state index is 0.0458. The van der Waals surface area contributed by atoms with Gasteiger partial charge in [-0.3, -0.25) is 4.90 Å². The zero-order valence-electron chi connectivity index (χ0n) is 17.4. The lowest BCUT2D eigenvalue weighted by molar-refractivity contribution is -0.139. The number of allylic oxidation sites excluding steroid dienone is 2. The van der Waals surface area contributed by atoms with Gasteiger partial charge in [0.05, 0.1) is 18.1 Å². The van der Waals surface area contributed by atoms with Crippen LogP contribution in [0.2, 0.25) is 0 Å². The van der Waals surface area contributed by atoms with Crippen LogP contribution < -0.4 is 5.73 Å². The van der Waals surface area contributed by atoms with E-state index in [0.29, 0.717) is 17.3 Å². The van der Waals surface area contributed by atoms with E-state index >= 15 is 0 Å². The first-order valence-corrected chi connectivity index (χ1v) is 10.2.